The van der Waals surface area contributed by atoms with Crippen molar-refractivity contribution in [2.45, 2.75) is 38.6 Å². The number of hydrogen-bond donors (Lipinski definition) is 2. The molecular formula is C25H25ClN2O4. The molecule has 2 atom stereocenters. The van der Waals surface area contributed by atoms with Crippen molar-refractivity contribution < 1.29 is 14.7 Å². The molecule has 0 spiro atoms. The van der Waals surface area contributed by atoms with E-state index >= 15 is 0 Å². The fourth-order valence-corrected chi connectivity index (χ4v) is 4.95. The monoisotopic (exact) mass is 452 g/mol. The molecule has 4 rings (SSSR count). The minimum Gasteiger partial charge on any atom is -0.506 e. The number of aromatic hydroxyl groups is 1. The number of ketones is 1. The zero-order valence-electron chi connectivity index (χ0n) is 17.8. The van der Waals surface area contributed by atoms with E-state index in [1.165, 1.54) is 6.92 Å². The maximum atomic E-state index is 13.3. The molecule has 32 heavy (non-hydrogen) atoms. The van der Waals surface area contributed by atoms with E-state index in [9.17, 15) is 19.5 Å². The number of hydrogen-bond acceptors (Lipinski definition) is 4. The fraction of sp³-hybridized carbons (Fsp3) is 0.320. The third kappa shape index (κ3) is 4.15. The molecule has 166 valence electrons. The summed E-state index contributed by atoms with van der Waals surface area (Å²) in [6.45, 7) is 1.78. The fourth-order valence-electron chi connectivity index (χ4n) is 4.70. The van der Waals surface area contributed by atoms with Gasteiger partial charge in [0.15, 0.2) is 5.78 Å². The van der Waals surface area contributed by atoms with Gasteiger partial charge in [0.05, 0.1) is 15.9 Å². The van der Waals surface area contributed by atoms with Crippen LogP contribution in [0.2, 0.25) is 5.02 Å². The summed E-state index contributed by atoms with van der Waals surface area (Å²) in [5.74, 6) is -0.782. The number of amides is 1. The van der Waals surface area contributed by atoms with Gasteiger partial charge in [0.2, 0.25) is 0 Å². The average Bonchev–Trinajstić information content (AvgIpc) is 2.78. The standard InChI is InChI=1S/C25H25ClN2O4/c1-15(29)21-23(30)22-19(26)11-6-12-20(22)28(25(21)32)18-10-5-7-16(13-18)14-27-24(31)17-8-3-2-4-9-17/h2-4,6,8-9,11-12,16,18,30H,5,7,10,13-14H2,1H3,(H,27,31). The summed E-state index contributed by atoms with van der Waals surface area (Å²) >= 11 is 6.34. The smallest absolute Gasteiger partial charge is 0.265 e. The molecule has 0 radical (unpaired) electrons. The van der Waals surface area contributed by atoms with Crippen LogP contribution in [0.4, 0.5) is 0 Å². The minimum absolute atomic E-state index is 0.120. The zero-order valence-corrected chi connectivity index (χ0v) is 18.6. The number of Topliss-reactive ketones (excluding diaryl/α,β-unsaturated/α-hetero) is 1. The van der Waals surface area contributed by atoms with Gasteiger partial charge in [-0.3, -0.25) is 14.4 Å². The predicted molar refractivity (Wildman–Crippen MR) is 125 cm³/mol. The summed E-state index contributed by atoms with van der Waals surface area (Å²) in [5.41, 5.74) is 0.402. The number of nitrogens with zero attached hydrogens (tertiary/aromatic N) is 1. The van der Waals surface area contributed by atoms with E-state index in [1.54, 1.807) is 34.9 Å². The second-order valence-electron chi connectivity index (χ2n) is 8.35. The largest absolute Gasteiger partial charge is 0.506 e. The van der Waals surface area contributed by atoms with Crippen molar-refractivity contribution >= 4 is 34.2 Å². The Hall–Kier alpha value is -3.12. The molecule has 1 fully saturated rings. The van der Waals surface area contributed by atoms with Crippen molar-refractivity contribution in [2.24, 2.45) is 5.92 Å². The molecule has 0 saturated heterocycles. The van der Waals surface area contributed by atoms with Crippen LogP contribution in [0.25, 0.3) is 10.9 Å². The average molecular weight is 453 g/mol. The first-order chi connectivity index (χ1) is 15.4. The molecule has 0 bridgehead atoms. The summed E-state index contributed by atoms with van der Waals surface area (Å²) in [6.07, 6.45) is 3.28. The third-order valence-corrected chi connectivity index (χ3v) is 6.53. The van der Waals surface area contributed by atoms with Crippen molar-refractivity contribution in [1.29, 1.82) is 0 Å². The number of nitrogens with one attached hydrogen (secondary N) is 1. The lowest BCUT2D eigenvalue weighted by molar-refractivity contribution is 0.0938. The number of rotatable bonds is 5. The van der Waals surface area contributed by atoms with Gasteiger partial charge in [0, 0.05) is 18.2 Å². The number of benzene rings is 2. The summed E-state index contributed by atoms with van der Waals surface area (Å²) in [5, 5.41) is 14.3. The second kappa shape index (κ2) is 9.17. The van der Waals surface area contributed by atoms with Gasteiger partial charge < -0.3 is 15.0 Å². The van der Waals surface area contributed by atoms with E-state index in [-0.39, 0.29) is 29.2 Å². The Balaban J connectivity index is 1.64. The van der Waals surface area contributed by atoms with Gasteiger partial charge in [-0.1, -0.05) is 42.3 Å². The molecule has 1 aliphatic rings. The molecule has 3 aromatic rings. The van der Waals surface area contributed by atoms with Gasteiger partial charge in [0.25, 0.3) is 11.5 Å². The van der Waals surface area contributed by atoms with Crippen LogP contribution in [0.1, 0.15) is 59.4 Å². The summed E-state index contributed by atoms with van der Waals surface area (Å²) in [7, 11) is 0. The number of carbonyl (C=O) groups is 2. The van der Waals surface area contributed by atoms with Crippen LogP contribution in [-0.2, 0) is 0 Å². The molecule has 1 aliphatic carbocycles. The topological polar surface area (TPSA) is 88.4 Å². The van der Waals surface area contributed by atoms with Gasteiger partial charge >= 0.3 is 0 Å². The molecular weight excluding hydrogens is 428 g/mol. The van der Waals surface area contributed by atoms with Gasteiger partial charge in [0.1, 0.15) is 11.3 Å². The highest BCUT2D eigenvalue weighted by molar-refractivity contribution is 6.36. The lowest BCUT2D eigenvalue weighted by Crippen LogP contribution is -2.36. The molecule has 2 N–H and O–H groups in total. The van der Waals surface area contributed by atoms with Crippen LogP contribution in [0, 0.1) is 5.92 Å². The van der Waals surface area contributed by atoms with E-state index in [4.69, 9.17) is 11.6 Å². The highest BCUT2D eigenvalue weighted by Gasteiger charge is 2.29. The molecule has 2 aromatic carbocycles. The summed E-state index contributed by atoms with van der Waals surface area (Å²) in [4.78, 5) is 37.9. The Morgan fingerprint density at radius 3 is 2.59 bits per heavy atom. The van der Waals surface area contributed by atoms with Gasteiger partial charge in [-0.15, -0.1) is 0 Å². The molecule has 1 saturated carbocycles. The van der Waals surface area contributed by atoms with E-state index in [1.807, 2.05) is 18.2 Å². The molecule has 7 heteroatoms. The van der Waals surface area contributed by atoms with E-state index < -0.39 is 11.3 Å². The first kappa shape index (κ1) is 22.1. The normalized spacial score (nSPS) is 18.4. The first-order valence-corrected chi connectivity index (χ1v) is 11.2. The second-order valence-corrected chi connectivity index (χ2v) is 8.76. The summed E-state index contributed by atoms with van der Waals surface area (Å²) < 4.78 is 1.61. The van der Waals surface area contributed by atoms with Crippen molar-refractivity contribution in [1.82, 2.24) is 9.88 Å². The van der Waals surface area contributed by atoms with Gasteiger partial charge in [-0.2, -0.15) is 0 Å². The van der Waals surface area contributed by atoms with Crippen molar-refractivity contribution in [2.75, 3.05) is 6.54 Å². The van der Waals surface area contributed by atoms with E-state index in [0.29, 0.717) is 34.5 Å². The quantitative estimate of drug-likeness (QED) is 0.548. The van der Waals surface area contributed by atoms with Crippen LogP contribution in [0.15, 0.2) is 53.3 Å². The van der Waals surface area contributed by atoms with Gasteiger partial charge in [-0.25, -0.2) is 0 Å². The van der Waals surface area contributed by atoms with Crippen LogP contribution < -0.4 is 10.9 Å². The highest BCUT2D eigenvalue weighted by Crippen LogP contribution is 2.38. The van der Waals surface area contributed by atoms with Crippen LogP contribution >= 0.6 is 11.6 Å². The SMILES string of the molecule is CC(=O)c1c(O)c2c(Cl)cccc2n(C2CCCC(CNC(=O)c3ccccc3)C2)c1=O. The van der Waals surface area contributed by atoms with Gasteiger partial charge in [-0.05, 0) is 56.4 Å². The molecule has 2 unspecified atom stereocenters. The summed E-state index contributed by atoms with van der Waals surface area (Å²) in [6, 6.07) is 14.0. The Bertz CT molecular complexity index is 1240. The Kier molecular flexibility index (Phi) is 6.33. The minimum atomic E-state index is -0.497. The lowest BCUT2D eigenvalue weighted by atomic mass is 9.85. The van der Waals surface area contributed by atoms with E-state index in [0.717, 1.165) is 19.3 Å². The Labute approximate surface area is 190 Å². The van der Waals surface area contributed by atoms with Crippen LogP contribution in [-0.4, -0.2) is 27.9 Å². The third-order valence-electron chi connectivity index (χ3n) is 6.22. The van der Waals surface area contributed by atoms with E-state index in [2.05, 4.69) is 5.32 Å². The maximum Gasteiger partial charge on any atom is 0.265 e. The number of pyridine rings is 1. The van der Waals surface area contributed by atoms with Crippen molar-refractivity contribution in [3.05, 3.63) is 75.0 Å². The predicted octanol–water partition coefficient (Wildman–Crippen LogP) is 4.72. The number of fused-ring (bicyclic) bond motifs is 1. The highest BCUT2D eigenvalue weighted by atomic mass is 35.5. The molecule has 1 amide bonds. The number of halogens is 1. The first-order valence-electron chi connectivity index (χ1n) is 10.8. The van der Waals surface area contributed by atoms with Crippen molar-refractivity contribution in [3.8, 4) is 5.75 Å². The zero-order chi connectivity index (χ0) is 22.8. The Morgan fingerprint density at radius 2 is 1.88 bits per heavy atom. The van der Waals surface area contributed by atoms with Crippen molar-refractivity contribution in [3.63, 3.8) is 0 Å². The molecule has 1 aromatic heterocycles. The molecule has 1 heterocycles. The lowest BCUT2D eigenvalue weighted by Gasteiger charge is -2.32. The maximum absolute atomic E-state index is 13.3. The van der Waals surface area contributed by atoms with Crippen LogP contribution in [0.3, 0.4) is 0 Å². The molecule has 6 nitrogen and oxygen atoms in total. The Morgan fingerprint density at radius 1 is 1.12 bits per heavy atom. The number of aromatic nitrogens is 1. The van der Waals surface area contributed by atoms with Crippen LogP contribution in [0.5, 0.6) is 5.75 Å². The molecule has 0 aliphatic heterocycles. The number of carbonyl (C=O) groups excluding carboxylic acids is 2.